The van der Waals surface area contributed by atoms with Crippen LogP contribution >= 0.6 is 0 Å². The molecule has 4 rings (SSSR count). The molecule has 1 aliphatic heterocycles. The van der Waals surface area contributed by atoms with Crippen LogP contribution in [0.2, 0.25) is 0 Å². The van der Waals surface area contributed by atoms with Crippen LogP contribution in [0.25, 0.3) is 0 Å². The molecule has 1 heterocycles. The smallest absolute Gasteiger partial charge is 0.200 e. The highest BCUT2D eigenvalue weighted by atomic mass is 19.2. The first kappa shape index (κ1) is 24.0. The Labute approximate surface area is 193 Å². The minimum atomic E-state index is -0.832. The second kappa shape index (κ2) is 11.3. The molecule has 0 aromatic heterocycles. The predicted molar refractivity (Wildman–Crippen MR) is 125 cm³/mol. The normalized spacial score (nSPS) is 33.8. The fourth-order valence-corrected chi connectivity index (χ4v) is 6.82. The first-order chi connectivity index (χ1) is 15.6. The highest BCUT2D eigenvalue weighted by Gasteiger charge is 2.36. The zero-order valence-corrected chi connectivity index (χ0v) is 20.1. The molecule has 180 valence electrons. The molecule has 4 heteroatoms. The van der Waals surface area contributed by atoms with Crippen molar-refractivity contribution in [3.8, 4) is 5.75 Å². The maximum absolute atomic E-state index is 14.6. The Balaban J connectivity index is 1.23. The minimum absolute atomic E-state index is 0.0233. The van der Waals surface area contributed by atoms with Crippen molar-refractivity contribution in [2.45, 2.75) is 103 Å². The Morgan fingerprint density at radius 1 is 0.812 bits per heavy atom. The van der Waals surface area contributed by atoms with Crippen LogP contribution in [-0.2, 0) is 4.74 Å². The Morgan fingerprint density at radius 3 is 2.12 bits per heavy atom. The van der Waals surface area contributed by atoms with Gasteiger partial charge in [0, 0.05) is 0 Å². The summed E-state index contributed by atoms with van der Waals surface area (Å²) in [5, 5.41) is 0. The summed E-state index contributed by atoms with van der Waals surface area (Å²) in [6, 6.07) is 3.33. The van der Waals surface area contributed by atoms with Crippen molar-refractivity contribution in [3.05, 3.63) is 29.3 Å². The van der Waals surface area contributed by atoms with Gasteiger partial charge in [0.15, 0.2) is 11.6 Å². The van der Waals surface area contributed by atoms with Crippen LogP contribution in [0.3, 0.4) is 0 Å². The molecule has 1 aromatic rings. The third kappa shape index (κ3) is 5.48. The minimum Gasteiger partial charge on any atom is -0.491 e. The van der Waals surface area contributed by atoms with E-state index < -0.39 is 11.6 Å². The van der Waals surface area contributed by atoms with Gasteiger partial charge in [-0.25, -0.2) is 4.39 Å². The quantitative estimate of drug-likeness (QED) is 0.420. The molecule has 32 heavy (non-hydrogen) atoms. The second-order valence-electron chi connectivity index (χ2n) is 10.6. The molecular formula is C28H42F2O2. The molecule has 0 N–H and O–H groups in total. The van der Waals surface area contributed by atoms with Crippen molar-refractivity contribution in [2.75, 3.05) is 13.2 Å². The van der Waals surface area contributed by atoms with Crippen molar-refractivity contribution in [1.29, 1.82) is 0 Å². The fourth-order valence-electron chi connectivity index (χ4n) is 6.82. The number of rotatable bonds is 7. The molecule has 0 amide bonds. The molecule has 3 aliphatic rings. The van der Waals surface area contributed by atoms with Crippen LogP contribution in [0, 0.1) is 35.3 Å². The van der Waals surface area contributed by atoms with E-state index in [1.807, 2.05) is 0 Å². The van der Waals surface area contributed by atoms with E-state index in [0.29, 0.717) is 30.1 Å². The first-order valence-electron chi connectivity index (χ1n) is 13.3. The van der Waals surface area contributed by atoms with Gasteiger partial charge in [-0.05, 0) is 99.5 Å². The van der Waals surface area contributed by atoms with Crippen LogP contribution in [-0.4, -0.2) is 19.3 Å². The zero-order chi connectivity index (χ0) is 22.5. The molecule has 3 fully saturated rings. The first-order valence-corrected chi connectivity index (χ1v) is 13.3. The van der Waals surface area contributed by atoms with Gasteiger partial charge in [0.1, 0.15) is 0 Å². The summed E-state index contributed by atoms with van der Waals surface area (Å²) < 4.78 is 40.6. The summed E-state index contributed by atoms with van der Waals surface area (Å²) in [5.74, 6) is 1.64. The third-order valence-electron chi connectivity index (χ3n) is 8.72. The lowest BCUT2D eigenvalue weighted by atomic mass is 9.71. The van der Waals surface area contributed by atoms with Crippen molar-refractivity contribution in [3.63, 3.8) is 0 Å². The number of ether oxygens (including phenoxy) is 2. The number of hydrogen-bond acceptors (Lipinski definition) is 2. The second-order valence-corrected chi connectivity index (χ2v) is 10.6. The number of halogens is 2. The number of hydrogen-bond donors (Lipinski definition) is 0. The maximum atomic E-state index is 14.6. The van der Waals surface area contributed by atoms with Crippen LogP contribution in [0.4, 0.5) is 8.78 Å². The molecule has 1 saturated heterocycles. The van der Waals surface area contributed by atoms with Gasteiger partial charge in [-0.15, -0.1) is 0 Å². The summed E-state index contributed by atoms with van der Waals surface area (Å²) in [7, 11) is 0. The highest BCUT2D eigenvalue weighted by molar-refractivity contribution is 5.33. The summed E-state index contributed by atoms with van der Waals surface area (Å²) in [4.78, 5) is 0. The Hall–Kier alpha value is -1.16. The molecule has 0 radical (unpaired) electrons. The Kier molecular flexibility index (Phi) is 8.48. The van der Waals surface area contributed by atoms with Crippen LogP contribution in [0.5, 0.6) is 5.75 Å². The van der Waals surface area contributed by atoms with Crippen LogP contribution in [0.15, 0.2) is 12.1 Å². The predicted octanol–water partition coefficient (Wildman–Crippen LogP) is 8.04. The van der Waals surface area contributed by atoms with Gasteiger partial charge in [-0.3, -0.25) is 0 Å². The third-order valence-corrected chi connectivity index (χ3v) is 8.72. The van der Waals surface area contributed by atoms with E-state index in [2.05, 4.69) is 6.92 Å². The van der Waals surface area contributed by atoms with Crippen molar-refractivity contribution >= 4 is 0 Å². The van der Waals surface area contributed by atoms with E-state index in [1.165, 1.54) is 51.4 Å². The molecule has 2 aliphatic carbocycles. The topological polar surface area (TPSA) is 18.5 Å². The Bertz CT molecular complexity index is 712. The standard InChI is InChI=1S/C28H42F2O2/c1-3-5-19-6-8-22(9-7-19)25-16-14-23(18-32-25)20-10-12-21(13-11-20)24-15-17-26(31-4-2)28(30)27(24)29/h15,17,19-23,25H,3-14,16,18H2,1-2H3/t19-,20?,21?,22-,23-,25?/m1/s1. The van der Waals surface area contributed by atoms with E-state index in [9.17, 15) is 8.78 Å². The maximum Gasteiger partial charge on any atom is 0.200 e. The lowest BCUT2D eigenvalue weighted by Crippen LogP contribution is -2.37. The summed E-state index contributed by atoms with van der Waals surface area (Å²) in [6.07, 6.45) is 15.3. The molecule has 2 saturated carbocycles. The largest absolute Gasteiger partial charge is 0.491 e. The lowest BCUT2D eigenvalue weighted by molar-refractivity contribution is -0.0732. The van der Waals surface area contributed by atoms with Gasteiger partial charge in [0.25, 0.3) is 0 Å². The Morgan fingerprint density at radius 2 is 1.50 bits per heavy atom. The zero-order valence-electron chi connectivity index (χ0n) is 20.1. The van der Waals surface area contributed by atoms with Crippen LogP contribution < -0.4 is 4.74 Å². The molecular weight excluding hydrogens is 406 g/mol. The van der Waals surface area contributed by atoms with E-state index in [-0.39, 0.29) is 11.7 Å². The molecule has 2 nitrogen and oxygen atoms in total. The van der Waals surface area contributed by atoms with Crippen molar-refractivity contribution < 1.29 is 18.3 Å². The fraction of sp³-hybridized carbons (Fsp3) is 0.786. The van der Waals surface area contributed by atoms with Gasteiger partial charge in [0.05, 0.1) is 19.3 Å². The molecule has 0 spiro atoms. The summed E-state index contributed by atoms with van der Waals surface area (Å²) >= 11 is 0. The lowest BCUT2D eigenvalue weighted by Gasteiger charge is -2.41. The van der Waals surface area contributed by atoms with E-state index in [0.717, 1.165) is 44.1 Å². The summed E-state index contributed by atoms with van der Waals surface area (Å²) in [5.41, 5.74) is 0.531. The number of benzene rings is 1. The molecule has 0 bridgehead atoms. The van der Waals surface area contributed by atoms with E-state index in [4.69, 9.17) is 9.47 Å². The average Bonchev–Trinajstić information content (AvgIpc) is 2.83. The monoisotopic (exact) mass is 448 g/mol. The molecule has 2 atom stereocenters. The van der Waals surface area contributed by atoms with Gasteiger partial charge >= 0.3 is 0 Å². The van der Waals surface area contributed by atoms with E-state index >= 15 is 0 Å². The van der Waals surface area contributed by atoms with Gasteiger partial charge in [-0.2, -0.15) is 4.39 Å². The molecule has 1 unspecified atom stereocenters. The van der Waals surface area contributed by atoms with Gasteiger partial charge in [0.2, 0.25) is 5.82 Å². The van der Waals surface area contributed by atoms with Crippen molar-refractivity contribution in [2.24, 2.45) is 23.7 Å². The molecule has 1 aromatic carbocycles. The van der Waals surface area contributed by atoms with Gasteiger partial charge in [-0.1, -0.05) is 38.7 Å². The summed E-state index contributed by atoms with van der Waals surface area (Å²) in [6.45, 7) is 5.32. The van der Waals surface area contributed by atoms with Gasteiger partial charge < -0.3 is 9.47 Å². The highest BCUT2D eigenvalue weighted by Crippen LogP contribution is 2.44. The van der Waals surface area contributed by atoms with Crippen LogP contribution in [0.1, 0.15) is 102 Å². The average molecular weight is 449 g/mol. The van der Waals surface area contributed by atoms with Crippen molar-refractivity contribution in [1.82, 2.24) is 0 Å². The van der Waals surface area contributed by atoms with E-state index in [1.54, 1.807) is 19.1 Å². The SMILES string of the molecule is CCC[C@H]1CC[C@H](C2CC[C@@H](C3CCC(c4ccc(OCC)c(F)c4F)CC3)CO2)CC1.